The molecule has 18 heavy (non-hydrogen) atoms. The number of nitrogens with one attached hydrogen (secondary N) is 2. The Kier molecular flexibility index (Phi) is 5.48. The molecule has 1 aromatic carbocycles. The minimum absolute atomic E-state index is 0.136. The second-order valence-electron chi connectivity index (χ2n) is 5.15. The Bertz CT molecular complexity index is 413. The molecule has 100 valence electrons. The van der Waals surface area contributed by atoms with Gasteiger partial charge in [0.25, 0.3) is 0 Å². The molecule has 2 N–H and O–H groups in total. The number of hydrogen-bond acceptors (Lipinski definition) is 1. The van der Waals surface area contributed by atoms with Crippen LogP contribution in [-0.4, -0.2) is 26.6 Å². The number of guanidine groups is 1. The molecule has 0 unspecified atom stereocenters. The molecule has 1 aromatic rings. The van der Waals surface area contributed by atoms with Crippen molar-refractivity contribution in [1.29, 1.82) is 0 Å². The normalized spacial score (nSPS) is 12.4. The summed E-state index contributed by atoms with van der Waals surface area (Å²) in [5.74, 6) is 0.814. The Balaban J connectivity index is 2.59. The van der Waals surface area contributed by atoms with E-state index in [1.54, 1.807) is 7.05 Å². The number of halogens is 1. The molecule has 1 rings (SSSR count). The molecule has 0 atom stereocenters. The first-order valence-corrected chi connectivity index (χ1v) is 6.47. The number of hydrogen-bond donors (Lipinski definition) is 2. The molecule has 0 radical (unpaired) electrons. The first-order chi connectivity index (χ1) is 8.46. The highest BCUT2D eigenvalue weighted by molar-refractivity contribution is 6.30. The van der Waals surface area contributed by atoms with Crippen molar-refractivity contribution in [2.24, 2.45) is 10.4 Å². The van der Waals surface area contributed by atoms with Crippen molar-refractivity contribution in [2.45, 2.75) is 20.3 Å². The highest BCUT2D eigenvalue weighted by atomic mass is 35.5. The van der Waals surface area contributed by atoms with Crippen molar-refractivity contribution < 1.29 is 0 Å². The lowest BCUT2D eigenvalue weighted by Gasteiger charge is -2.26. The molecule has 0 saturated carbocycles. The average molecular weight is 268 g/mol. The van der Waals surface area contributed by atoms with Crippen molar-refractivity contribution in [1.82, 2.24) is 10.6 Å². The van der Waals surface area contributed by atoms with Gasteiger partial charge in [-0.25, -0.2) is 0 Å². The van der Waals surface area contributed by atoms with Crippen molar-refractivity contribution in [3.05, 3.63) is 34.9 Å². The smallest absolute Gasteiger partial charge is 0.190 e. The van der Waals surface area contributed by atoms with E-state index in [9.17, 15) is 0 Å². The second-order valence-corrected chi connectivity index (χ2v) is 5.58. The Labute approximate surface area is 115 Å². The summed E-state index contributed by atoms with van der Waals surface area (Å²) in [7, 11) is 3.63. The quantitative estimate of drug-likeness (QED) is 0.650. The van der Waals surface area contributed by atoms with Gasteiger partial charge in [0.15, 0.2) is 5.96 Å². The second kappa shape index (κ2) is 6.64. The average Bonchev–Trinajstić information content (AvgIpc) is 2.29. The fourth-order valence-electron chi connectivity index (χ4n) is 1.86. The van der Waals surface area contributed by atoms with Crippen LogP contribution in [0.3, 0.4) is 0 Å². The summed E-state index contributed by atoms with van der Waals surface area (Å²) in [6.07, 6.45) is 0.973. The molecule has 0 aliphatic rings. The Morgan fingerprint density at radius 2 is 2.11 bits per heavy atom. The predicted octanol–water partition coefficient (Wildman–Crippen LogP) is 2.70. The minimum Gasteiger partial charge on any atom is -0.359 e. The molecule has 3 nitrogen and oxygen atoms in total. The first kappa shape index (κ1) is 14.8. The molecule has 4 heteroatoms. The van der Waals surface area contributed by atoms with Gasteiger partial charge in [-0.05, 0) is 29.5 Å². The van der Waals surface area contributed by atoms with Gasteiger partial charge in [-0.3, -0.25) is 4.99 Å². The molecule has 0 saturated heterocycles. The van der Waals surface area contributed by atoms with E-state index in [2.05, 4.69) is 35.5 Å². The molecule has 0 aliphatic carbocycles. The van der Waals surface area contributed by atoms with Crippen LogP contribution in [0.4, 0.5) is 0 Å². The number of aliphatic imine (C=N–C) groups is 1. The van der Waals surface area contributed by atoms with Crippen LogP contribution in [-0.2, 0) is 6.42 Å². The zero-order valence-corrected chi connectivity index (χ0v) is 12.3. The Hall–Kier alpha value is -1.22. The van der Waals surface area contributed by atoms with Gasteiger partial charge in [0.05, 0.1) is 0 Å². The Morgan fingerprint density at radius 3 is 2.67 bits per heavy atom. The van der Waals surface area contributed by atoms with Crippen LogP contribution in [0.25, 0.3) is 0 Å². The summed E-state index contributed by atoms with van der Waals surface area (Å²) in [5.41, 5.74) is 1.39. The van der Waals surface area contributed by atoms with Gasteiger partial charge in [0.1, 0.15) is 0 Å². The largest absolute Gasteiger partial charge is 0.359 e. The number of benzene rings is 1. The van der Waals surface area contributed by atoms with E-state index in [-0.39, 0.29) is 5.41 Å². The third-order valence-corrected chi connectivity index (χ3v) is 3.00. The SMILES string of the molecule is CN=C(NC)NCC(C)(C)Cc1cccc(Cl)c1. The van der Waals surface area contributed by atoms with Crippen molar-refractivity contribution in [3.8, 4) is 0 Å². The van der Waals surface area contributed by atoms with E-state index < -0.39 is 0 Å². The van der Waals surface area contributed by atoms with Gasteiger partial charge in [0.2, 0.25) is 0 Å². The molecule has 0 fully saturated rings. The van der Waals surface area contributed by atoms with Crippen molar-refractivity contribution in [2.75, 3.05) is 20.6 Å². The lowest BCUT2D eigenvalue weighted by atomic mass is 9.86. The highest BCUT2D eigenvalue weighted by Gasteiger charge is 2.19. The summed E-state index contributed by atoms with van der Waals surface area (Å²) in [4.78, 5) is 4.10. The Morgan fingerprint density at radius 1 is 1.39 bits per heavy atom. The lowest BCUT2D eigenvalue weighted by Crippen LogP contribution is -2.41. The van der Waals surface area contributed by atoms with Crippen LogP contribution in [0.5, 0.6) is 0 Å². The molecule has 0 bridgehead atoms. The maximum atomic E-state index is 6.00. The van der Waals surface area contributed by atoms with Crippen molar-refractivity contribution in [3.63, 3.8) is 0 Å². The van der Waals surface area contributed by atoms with Gasteiger partial charge in [-0.2, -0.15) is 0 Å². The number of rotatable bonds is 4. The maximum Gasteiger partial charge on any atom is 0.190 e. The third kappa shape index (κ3) is 4.96. The molecule has 0 heterocycles. The summed E-state index contributed by atoms with van der Waals surface area (Å²) in [5, 5.41) is 7.11. The van der Waals surface area contributed by atoms with Gasteiger partial charge < -0.3 is 10.6 Å². The van der Waals surface area contributed by atoms with Crippen LogP contribution in [0.2, 0.25) is 5.02 Å². The first-order valence-electron chi connectivity index (χ1n) is 6.10. The van der Waals surface area contributed by atoms with E-state index in [0.29, 0.717) is 0 Å². The van der Waals surface area contributed by atoms with E-state index in [0.717, 1.165) is 23.9 Å². The van der Waals surface area contributed by atoms with Crippen molar-refractivity contribution >= 4 is 17.6 Å². The summed E-state index contributed by atoms with van der Waals surface area (Å²) in [6, 6.07) is 8.03. The topological polar surface area (TPSA) is 36.4 Å². The summed E-state index contributed by atoms with van der Waals surface area (Å²) < 4.78 is 0. The number of nitrogens with zero attached hydrogens (tertiary/aromatic N) is 1. The minimum atomic E-state index is 0.136. The molecule has 0 aliphatic heterocycles. The highest BCUT2D eigenvalue weighted by Crippen LogP contribution is 2.22. The third-order valence-electron chi connectivity index (χ3n) is 2.77. The van der Waals surface area contributed by atoms with E-state index in [4.69, 9.17) is 11.6 Å². The van der Waals surface area contributed by atoms with Gasteiger partial charge in [-0.15, -0.1) is 0 Å². The van der Waals surface area contributed by atoms with Crippen LogP contribution in [0.1, 0.15) is 19.4 Å². The van der Waals surface area contributed by atoms with Gasteiger partial charge >= 0.3 is 0 Å². The summed E-state index contributed by atoms with van der Waals surface area (Å²) >= 11 is 6.00. The fourth-order valence-corrected chi connectivity index (χ4v) is 2.08. The summed E-state index contributed by atoms with van der Waals surface area (Å²) in [6.45, 7) is 5.31. The molecule has 0 aromatic heterocycles. The molecular formula is C14H22ClN3. The monoisotopic (exact) mass is 267 g/mol. The fraction of sp³-hybridized carbons (Fsp3) is 0.500. The van der Waals surface area contributed by atoms with Crippen LogP contribution < -0.4 is 10.6 Å². The van der Waals surface area contributed by atoms with Gasteiger partial charge in [0, 0.05) is 25.7 Å². The molecule has 0 amide bonds. The maximum absolute atomic E-state index is 6.00. The zero-order valence-electron chi connectivity index (χ0n) is 11.5. The van der Waals surface area contributed by atoms with E-state index >= 15 is 0 Å². The van der Waals surface area contributed by atoms with E-state index in [1.165, 1.54) is 5.56 Å². The van der Waals surface area contributed by atoms with E-state index in [1.807, 2.05) is 25.2 Å². The van der Waals surface area contributed by atoms with Crippen LogP contribution in [0, 0.1) is 5.41 Å². The predicted molar refractivity (Wildman–Crippen MR) is 79.4 cm³/mol. The zero-order chi connectivity index (χ0) is 13.6. The molecular weight excluding hydrogens is 246 g/mol. The van der Waals surface area contributed by atoms with Crippen LogP contribution in [0.15, 0.2) is 29.3 Å². The molecule has 0 spiro atoms. The van der Waals surface area contributed by atoms with Crippen LogP contribution >= 0.6 is 11.6 Å². The lowest BCUT2D eigenvalue weighted by molar-refractivity contribution is 0.359. The van der Waals surface area contributed by atoms with Gasteiger partial charge in [-0.1, -0.05) is 37.6 Å². The standard InChI is InChI=1S/C14H22ClN3/c1-14(2,10-18-13(16-3)17-4)9-11-6-5-7-12(15)8-11/h5-8H,9-10H2,1-4H3,(H2,16,17,18).